The van der Waals surface area contributed by atoms with Crippen molar-refractivity contribution in [1.29, 1.82) is 0 Å². The Balaban J connectivity index is 1.23. The van der Waals surface area contributed by atoms with E-state index in [1.165, 1.54) is 25.7 Å². The molecular weight excluding hydrogens is 356 g/mol. The molecule has 1 aromatic rings. The highest BCUT2D eigenvalue weighted by Crippen LogP contribution is 2.44. The van der Waals surface area contributed by atoms with Crippen molar-refractivity contribution in [2.24, 2.45) is 11.8 Å². The molecular formula is C21H30N4O3. The molecule has 3 fully saturated rings. The van der Waals surface area contributed by atoms with Crippen LogP contribution in [-0.4, -0.2) is 67.1 Å². The number of nitrogens with zero attached hydrogens (tertiary/aromatic N) is 3. The Labute approximate surface area is 166 Å². The van der Waals surface area contributed by atoms with Gasteiger partial charge in [0.1, 0.15) is 5.82 Å². The molecule has 2 aliphatic carbocycles. The first kappa shape index (κ1) is 19.2. The number of aromatic nitrogens is 1. The number of carbonyl (C=O) groups is 2. The Hall–Kier alpha value is -2.15. The zero-order valence-corrected chi connectivity index (χ0v) is 16.6. The SMILES string of the molecule is CCOC(=O)c1ccc(N2CCN(CC(=O)NC(C3CC3)C3CC3)CC2)nc1. The molecule has 7 nitrogen and oxygen atoms in total. The van der Waals surface area contributed by atoms with Gasteiger partial charge in [-0.25, -0.2) is 9.78 Å². The van der Waals surface area contributed by atoms with Crippen molar-refractivity contribution in [2.45, 2.75) is 38.6 Å². The number of carbonyl (C=O) groups excluding carboxylic acids is 2. The van der Waals surface area contributed by atoms with Crippen LogP contribution in [0.3, 0.4) is 0 Å². The summed E-state index contributed by atoms with van der Waals surface area (Å²) in [7, 11) is 0. The summed E-state index contributed by atoms with van der Waals surface area (Å²) >= 11 is 0. The smallest absolute Gasteiger partial charge is 0.339 e. The maximum Gasteiger partial charge on any atom is 0.339 e. The highest BCUT2D eigenvalue weighted by molar-refractivity contribution is 5.89. The number of anilines is 1. The summed E-state index contributed by atoms with van der Waals surface area (Å²) in [5.41, 5.74) is 0.474. The fraction of sp³-hybridized carbons (Fsp3) is 0.667. The van der Waals surface area contributed by atoms with Crippen molar-refractivity contribution in [3.63, 3.8) is 0 Å². The molecule has 1 N–H and O–H groups in total. The van der Waals surface area contributed by atoms with Gasteiger partial charge in [-0.1, -0.05) is 0 Å². The van der Waals surface area contributed by atoms with Crippen LogP contribution in [0.2, 0.25) is 0 Å². The Morgan fingerprint density at radius 3 is 2.36 bits per heavy atom. The van der Waals surface area contributed by atoms with Gasteiger partial charge in [-0.3, -0.25) is 9.69 Å². The van der Waals surface area contributed by atoms with Gasteiger partial charge in [-0.15, -0.1) is 0 Å². The second kappa shape index (κ2) is 8.47. The zero-order chi connectivity index (χ0) is 19.5. The first-order valence-corrected chi connectivity index (χ1v) is 10.5. The Morgan fingerprint density at radius 2 is 1.82 bits per heavy atom. The molecule has 2 saturated carbocycles. The molecule has 4 rings (SSSR count). The average molecular weight is 386 g/mol. The number of hydrogen-bond acceptors (Lipinski definition) is 6. The van der Waals surface area contributed by atoms with E-state index in [2.05, 4.69) is 20.1 Å². The standard InChI is InChI=1S/C21H30N4O3/c1-2-28-21(27)17-7-8-18(22-13-17)25-11-9-24(10-12-25)14-19(26)23-20(15-3-4-15)16-5-6-16/h7-8,13,15-16,20H,2-6,9-12,14H2,1H3,(H,23,26). The summed E-state index contributed by atoms with van der Waals surface area (Å²) in [4.78, 5) is 33.0. The van der Waals surface area contributed by atoms with E-state index in [0.717, 1.165) is 43.8 Å². The molecule has 28 heavy (non-hydrogen) atoms. The fourth-order valence-corrected chi connectivity index (χ4v) is 4.01. The predicted octanol–water partition coefficient (Wildman–Crippen LogP) is 1.69. The third-order valence-corrected chi connectivity index (χ3v) is 5.91. The van der Waals surface area contributed by atoms with Gasteiger partial charge in [0, 0.05) is 38.4 Å². The quantitative estimate of drug-likeness (QED) is 0.686. The van der Waals surface area contributed by atoms with Gasteiger partial charge in [-0.2, -0.15) is 0 Å². The molecule has 0 atom stereocenters. The number of nitrogens with one attached hydrogen (secondary N) is 1. The lowest BCUT2D eigenvalue weighted by molar-refractivity contribution is -0.123. The van der Waals surface area contributed by atoms with Gasteiger partial charge in [0.2, 0.25) is 5.91 Å². The summed E-state index contributed by atoms with van der Waals surface area (Å²) in [6.07, 6.45) is 6.69. The third-order valence-electron chi connectivity index (χ3n) is 5.91. The van der Waals surface area contributed by atoms with Crippen molar-refractivity contribution in [3.8, 4) is 0 Å². The Morgan fingerprint density at radius 1 is 1.14 bits per heavy atom. The normalized spacial score (nSPS) is 20.3. The highest BCUT2D eigenvalue weighted by atomic mass is 16.5. The minimum absolute atomic E-state index is 0.175. The minimum atomic E-state index is -0.340. The predicted molar refractivity (Wildman–Crippen MR) is 106 cm³/mol. The second-order valence-electron chi connectivity index (χ2n) is 8.16. The summed E-state index contributed by atoms with van der Waals surface area (Å²) in [6, 6.07) is 4.05. The van der Waals surface area contributed by atoms with E-state index in [4.69, 9.17) is 4.74 Å². The van der Waals surface area contributed by atoms with Crippen LogP contribution in [0.15, 0.2) is 18.3 Å². The molecule has 0 unspecified atom stereocenters. The molecule has 0 radical (unpaired) electrons. The number of hydrogen-bond donors (Lipinski definition) is 1. The summed E-state index contributed by atoms with van der Waals surface area (Å²) in [6.45, 7) is 5.97. The molecule has 2 heterocycles. The van der Waals surface area contributed by atoms with Gasteiger partial charge in [0.15, 0.2) is 0 Å². The van der Waals surface area contributed by atoms with Crippen LogP contribution < -0.4 is 10.2 Å². The van der Waals surface area contributed by atoms with E-state index in [-0.39, 0.29) is 11.9 Å². The molecule has 152 valence electrons. The highest BCUT2D eigenvalue weighted by Gasteiger charge is 2.42. The van der Waals surface area contributed by atoms with Crippen LogP contribution in [0.25, 0.3) is 0 Å². The molecule has 3 aliphatic rings. The van der Waals surface area contributed by atoms with Crippen LogP contribution in [0, 0.1) is 11.8 Å². The van der Waals surface area contributed by atoms with Gasteiger partial charge >= 0.3 is 5.97 Å². The van der Waals surface area contributed by atoms with Crippen LogP contribution >= 0.6 is 0 Å². The van der Waals surface area contributed by atoms with Gasteiger partial charge in [-0.05, 0) is 56.6 Å². The maximum atomic E-state index is 12.5. The summed E-state index contributed by atoms with van der Waals surface area (Å²) < 4.78 is 4.99. The first-order valence-electron chi connectivity index (χ1n) is 10.5. The van der Waals surface area contributed by atoms with Crippen molar-refractivity contribution in [1.82, 2.24) is 15.2 Å². The number of pyridine rings is 1. The molecule has 7 heteroatoms. The molecule has 0 spiro atoms. The number of piperazine rings is 1. The van der Waals surface area contributed by atoms with E-state index >= 15 is 0 Å². The zero-order valence-electron chi connectivity index (χ0n) is 16.6. The summed E-state index contributed by atoms with van der Waals surface area (Å²) in [5, 5.41) is 3.31. The lowest BCUT2D eigenvalue weighted by Crippen LogP contribution is -2.51. The molecule has 1 amide bonds. The minimum Gasteiger partial charge on any atom is -0.462 e. The van der Waals surface area contributed by atoms with Crippen LogP contribution in [0.1, 0.15) is 43.0 Å². The number of amides is 1. The topological polar surface area (TPSA) is 74.8 Å². The van der Waals surface area contributed by atoms with Crippen LogP contribution in [0.4, 0.5) is 5.82 Å². The van der Waals surface area contributed by atoms with Gasteiger partial charge in [0.05, 0.1) is 18.7 Å². The second-order valence-corrected chi connectivity index (χ2v) is 8.16. The van der Waals surface area contributed by atoms with E-state index in [1.807, 2.05) is 6.07 Å². The van der Waals surface area contributed by atoms with Crippen LogP contribution in [-0.2, 0) is 9.53 Å². The summed E-state index contributed by atoms with van der Waals surface area (Å²) in [5.74, 6) is 2.16. The fourth-order valence-electron chi connectivity index (χ4n) is 4.01. The van der Waals surface area contributed by atoms with E-state index < -0.39 is 0 Å². The van der Waals surface area contributed by atoms with Crippen molar-refractivity contribution < 1.29 is 14.3 Å². The number of esters is 1. The van der Waals surface area contributed by atoms with E-state index in [9.17, 15) is 9.59 Å². The molecule has 1 aromatic heterocycles. The van der Waals surface area contributed by atoms with Crippen molar-refractivity contribution >= 4 is 17.7 Å². The van der Waals surface area contributed by atoms with Crippen molar-refractivity contribution in [2.75, 3.05) is 44.2 Å². The lowest BCUT2D eigenvalue weighted by Gasteiger charge is -2.35. The Kier molecular flexibility index (Phi) is 5.80. The first-order chi connectivity index (χ1) is 13.6. The maximum absolute atomic E-state index is 12.5. The number of ether oxygens (including phenoxy) is 1. The molecule has 0 aromatic carbocycles. The monoisotopic (exact) mass is 386 g/mol. The Bertz CT molecular complexity index is 680. The van der Waals surface area contributed by atoms with E-state index in [0.29, 0.717) is 24.8 Å². The average Bonchev–Trinajstić information content (AvgIpc) is 3.61. The van der Waals surface area contributed by atoms with Gasteiger partial charge in [0.25, 0.3) is 0 Å². The van der Waals surface area contributed by atoms with Crippen LogP contribution in [0.5, 0.6) is 0 Å². The molecule has 1 aliphatic heterocycles. The third kappa shape index (κ3) is 4.82. The lowest BCUT2D eigenvalue weighted by atomic mass is 10.1. The largest absolute Gasteiger partial charge is 0.462 e. The molecule has 0 bridgehead atoms. The van der Waals surface area contributed by atoms with Gasteiger partial charge < -0.3 is 15.0 Å². The van der Waals surface area contributed by atoms with Crippen molar-refractivity contribution in [3.05, 3.63) is 23.9 Å². The van der Waals surface area contributed by atoms with E-state index in [1.54, 1.807) is 19.2 Å². The molecule has 1 saturated heterocycles. The number of rotatable bonds is 8.